The van der Waals surface area contributed by atoms with Crippen molar-refractivity contribution in [2.75, 3.05) is 13.1 Å². The average molecular weight is 393 g/mol. The zero-order chi connectivity index (χ0) is 19.3. The van der Waals surface area contributed by atoms with E-state index in [4.69, 9.17) is 0 Å². The van der Waals surface area contributed by atoms with Gasteiger partial charge in [-0.2, -0.15) is 0 Å². The Hall–Kier alpha value is -1.84. The van der Waals surface area contributed by atoms with E-state index < -0.39 is 18.0 Å². The van der Waals surface area contributed by atoms with E-state index >= 15 is 0 Å². The molecule has 0 aromatic carbocycles. The van der Waals surface area contributed by atoms with Gasteiger partial charge in [-0.25, -0.2) is 4.79 Å². The predicted molar refractivity (Wildman–Crippen MR) is 98.6 cm³/mol. The van der Waals surface area contributed by atoms with Crippen molar-refractivity contribution < 1.29 is 24.6 Å². The van der Waals surface area contributed by atoms with Crippen LogP contribution in [0.25, 0.3) is 0 Å². The molecule has 0 aliphatic carbocycles. The lowest BCUT2D eigenvalue weighted by atomic mass is 9.83. The van der Waals surface area contributed by atoms with Gasteiger partial charge in [0.2, 0.25) is 11.8 Å². The summed E-state index contributed by atoms with van der Waals surface area (Å²) in [7, 11) is 0. The molecule has 0 unspecified atom stereocenters. The van der Waals surface area contributed by atoms with Crippen LogP contribution < -0.4 is 10.6 Å². The first kappa shape index (κ1) is 18.5. The molecule has 0 saturated carbocycles. The number of nitrogens with one attached hydrogen (secondary N) is 2. The number of hydrogen-bond acceptors (Lipinski definition) is 6. The second-order valence-electron chi connectivity index (χ2n) is 7.51. The fourth-order valence-electron chi connectivity index (χ4n) is 4.43. The van der Waals surface area contributed by atoms with Gasteiger partial charge in [-0.1, -0.05) is 6.08 Å². The predicted octanol–water partition coefficient (Wildman–Crippen LogP) is -0.196. The van der Waals surface area contributed by atoms with Crippen LogP contribution >= 0.6 is 11.8 Å². The van der Waals surface area contributed by atoms with Crippen molar-refractivity contribution in [1.29, 1.82) is 0 Å². The SMILES string of the molecule is C[C@@H](O)[C@H]1C(=O)N2C(C(=O)O)=C(S[C@@H]3CN[C@H](/C=C4\CCNC4=O)C3)C[C@H]12. The molecule has 9 heteroatoms. The van der Waals surface area contributed by atoms with Crippen molar-refractivity contribution in [3.8, 4) is 0 Å². The third kappa shape index (κ3) is 3.17. The summed E-state index contributed by atoms with van der Waals surface area (Å²) in [4.78, 5) is 37.7. The lowest BCUT2D eigenvalue weighted by Crippen LogP contribution is -2.61. The summed E-state index contributed by atoms with van der Waals surface area (Å²) >= 11 is 1.51. The fraction of sp³-hybridized carbons (Fsp3) is 0.611. The number of carbonyl (C=O) groups is 3. The van der Waals surface area contributed by atoms with Crippen LogP contribution in [-0.2, 0) is 14.4 Å². The van der Waals surface area contributed by atoms with Crippen molar-refractivity contribution in [2.24, 2.45) is 5.92 Å². The number of carboxylic acid groups (broad SMARTS) is 1. The number of amides is 2. The lowest BCUT2D eigenvalue weighted by molar-refractivity contribution is -0.161. The summed E-state index contributed by atoms with van der Waals surface area (Å²) in [5.74, 6) is -1.92. The van der Waals surface area contributed by atoms with Crippen LogP contribution in [0, 0.1) is 5.92 Å². The molecule has 4 aliphatic heterocycles. The largest absolute Gasteiger partial charge is 0.477 e. The molecule has 0 aromatic rings. The standard InChI is InChI=1S/C18H23N3O5S/c1-8(22)14-12-6-13(15(18(25)26)21(12)17(14)24)27-11-5-10(20-7-11)4-9-2-3-19-16(9)23/h4,8,10-12,14,20,22H,2-3,5-7H2,1H3,(H,19,23)(H,25,26)/b9-4+/t8-,10-,11+,12-,14-/m1/s1. The van der Waals surface area contributed by atoms with Gasteiger partial charge in [0.05, 0.1) is 18.1 Å². The number of β-lactam (4-membered cyclic amide) rings is 1. The van der Waals surface area contributed by atoms with Gasteiger partial charge in [-0.3, -0.25) is 9.59 Å². The Kier molecular flexibility index (Phi) is 4.77. The molecule has 0 aromatic heterocycles. The minimum Gasteiger partial charge on any atom is -0.477 e. The number of nitrogens with zero attached hydrogens (tertiary/aromatic N) is 1. The minimum atomic E-state index is -1.09. The van der Waals surface area contributed by atoms with Gasteiger partial charge < -0.3 is 25.7 Å². The maximum Gasteiger partial charge on any atom is 0.353 e. The molecule has 4 heterocycles. The highest BCUT2D eigenvalue weighted by atomic mass is 32.2. The van der Waals surface area contributed by atoms with Crippen molar-refractivity contribution in [1.82, 2.24) is 15.5 Å². The van der Waals surface area contributed by atoms with E-state index in [1.54, 1.807) is 6.92 Å². The van der Waals surface area contributed by atoms with Crippen LogP contribution in [0.3, 0.4) is 0 Å². The van der Waals surface area contributed by atoms with Crippen molar-refractivity contribution >= 4 is 29.5 Å². The summed E-state index contributed by atoms with van der Waals surface area (Å²) in [5.41, 5.74) is 0.878. The van der Waals surface area contributed by atoms with E-state index in [0.717, 1.165) is 25.0 Å². The van der Waals surface area contributed by atoms with E-state index in [2.05, 4.69) is 10.6 Å². The minimum absolute atomic E-state index is 0.00776. The third-order valence-corrected chi connectivity index (χ3v) is 7.03. The van der Waals surface area contributed by atoms with Crippen LogP contribution in [-0.4, -0.2) is 69.4 Å². The topological polar surface area (TPSA) is 119 Å². The van der Waals surface area contributed by atoms with E-state index in [-0.39, 0.29) is 34.8 Å². The Balaban J connectivity index is 1.44. The monoisotopic (exact) mass is 393 g/mol. The van der Waals surface area contributed by atoms with Crippen LogP contribution in [0.2, 0.25) is 0 Å². The van der Waals surface area contributed by atoms with Gasteiger partial charge in [0.15, 0.2) is 0 Å². The number of thioether (sulfide) groups is 1. The number of fused-ring (bicyclic) bond motifs is 1. The molecule has 8 nitrogen and oxygen atoms in total. The normalized spacial score (nSPS) is 35.5. The molecule has 5 atom stereocenters. The Labute approximate surface area is 161 Å². The van der Waals surface area contributed by atoms with Gasteiger partial charge in [0.25, 0.3) is 0 Å². The number of carbonyl (C=O) groups excluding carboxylic acids is 2. The first-order valence-electron chi connectivity index (χ1n) is 9.23. The number of aliphatic hydroxyl groups excluding tert-OH is 1. The zero-order valence-electron chi connectivity index (χ0n) is 15.0. The molecule has 27 heavy (non-hydrogen) atoms. The molecule has 0 bridgehead atoms. The first-order valence-corrected chi connectivity index (χ1v) is 10.1. The molecule has 0 spiro atoms. The van der Waals surface area contributed by atoms with E-state index in [9.17, 15) is 24.6 Å². The smallest absolute Gasteiger partial charge is 0.353 e. The Morgan fingerprint density at radius 1 is 1.41 bits per heavy atom. The molecule has 2 amide bonds. The molecular formula is C18H23N3O5S. The number of hydrogen-bond donors (Lipinski definition) is 4. The summed E-state index contributed by atoms with van der Waals surface area (Å²) in [6.45, 7) is 2.97. The fourth-order valence-corrected chi connectivity index (χ4v) is 5.88. The van der Waals surface area contributed by atoms with Gasteiger partial charge in [-0.15, -0.1) is 11.8 Å². The van der Waals surface area contributed by atoms with E-state index in [1.165, 1.54) is 16.7 Å². The van der Waals surface area contributed by atoms with Gasteiger partial charge in [0, 0.05) is 41.3 Å². The van der Waals surface area contributed by atoms with Crippen LogP contribution in [0.5, 0.6) is 0 Å². The van der Waals surface area contributed by atoms with Gasteiger partial charge in [0.1, 0.15) is 5.70 Å². The summed E-state index contributed by atoms with van der Waals surface area (Å²) in [6, 6.07) is -0.152. The number of carboxylic acids is 1. The average Bonchev–Trinajstić information content (AvgIpc) is 3.27. The van der Waals surface area contributed by atoms with Crippen LogP contribution in [0.1, 0.15) is 26.2 Å². The molecule has 146 valence electrons. The van der Waals surface area contributed by atoms with Gasteiger partial charge >= 0.3 is 5.97 Å². The zero-order valence-corrected chi connectivity index (χ0v) is 15.8. The quantitative estimate of drug-likeness (QED) is 0.377. The summed E-state index contributed by atoms with van der Waals surface area (Å²) < 4.78 is 0. The van der Waals surface area contributed by atoms with Crippen molar-refractivity contribution in [3.63, 3.8) is 0 Å². The van der Waals surface area contributed by atoms with Crippen molar-refractivity contribution in [2.45, 2.75) is 49.6 Å². The highest BCUT2D eigenvalue weighted by molar-refractivity contribution is 8.03. The number of rotatable bonds is 5. The highest BCUT2D eigenvalue weighted by Gasteiger charge is 2.57. The molecule has 3 fully saturated rings. The molecular weight excluding hydrogens is 370 g/mol. The second kappa shape index (κ2) is 6.96. The number of aliphatic carboxylic acids is 1. The van der Waals surface area contributed by atoms with Crippen LogP contribution in [0.15, 0.2) is 22.3 Å². The second-order valence-corrected chi connectivity index (χ2v) is 8.91. The van der Waals surface area contributed by atoms with Crippen molar-refractivity contribution in [3.05, 3.63) is 22.3 Å². The highest BCUT2D eigenvalue weighted by Crippen LogP contribution is 2.48. The van der Waals surface area contributed by atoms with Gasteiger partial charge in [-0.05, 0) is 19.8 Å². The summed E-state index contributed by atoms with van der Waals surface area (Å²) in [6.07, 6.45) is 3.22. The van der Waals surface area contributed by atoms with Crippen LogP contribution in [0.4, 0.5) is 0 Å². The molecule has 4 N–H and O–H groups in total. The molecule has 3 saturated heterocycles. The Morgan fingerprint density at radius 2 is 2.19 bits per heavy atom. The molecule has 4 rings (SSSR count). The summed E-state index contributed by atoms with van der Waals surface area (Å²) in [5, 5.41) is 25.8. The maximum absolute atomic E-state index is 12.3. The molecule has 4 aliphatic rings. The Morgan fingerprint density at radius 3 is 2.81 bits per heavy atom. The first-order chi connectivity index (χ1) is 12.9. The Bertz CT molecular complexity index is 762. The number of aliphatic hydroxyl groups is 1. The lowest BCUT2D eigenvalue weighted by Gasteiger charge is -2.44. The third-order valence-electron chi connectivity index (χ3n) is 5.70. The molecule has 0 radical (unpaired) electrons. The van der Waals surface area contributed by atoms with E-state index in [0.29, 0.717) is 17.9 Å². The maximum atomic E-state index is 12.3. The van der Waals surface area contributed by atoms with E-state index in [1.807, 2.05) is 6.08 Å².